The third kappa shape index (κ3) is 7.10. The Balaban J connectivity index is 1.16. The highest BCUT2D eigenvalue weighted by atomic mass is 32.2. The number of carbonyl (C=O) groups excluding carboxylic acids is 2. The second kappa shape index (κ2) is 12.2. The van der Waals surface area contributed by atoms with E-state index in [2.05, 4.69) is 15.0 Å². The fourth-order valence-corrected chi connectivity index (χ4v) is 5.85. The molecule has 8 nitrogen and oxygen atoms in total. The Hall–Kier alpha value is -4.67. The van der Waals surface area contributed by atoms with Gasteiger partial charge in [0, 0.05) is 5.69 Å². The predicted molar refractivity (Wildman–Crippen MR) is 162 cm³/mol. The normalized spacial score (nSPS) is 14.0. The van der Waals surface area contributed by atoms with Crippen molar-refractivity contribution in [2.45, 2.75) is 11.3 Å². The van der Waals surface area contributed by atoms with E-state index in [1.807, 2.05) is 60.7 Å². The number of benzene rings is 4. The third-order valence-electron chi connectivity index (χ3n) is 6.12. The Morgan fingerprint density at radius 3 is 2.20 bits per heavy atom. The van der Waals surface area contributed by atoms with Crippen LogP contribution in [0.5, 0.6) is 5.75 Å². The average molecular weight is 584 g/mol. The van der Waals surface area contributed by atoms with E-state index in [0.717, 1.165) is 16.7 Å². The van der Waals surface area contributed by atoms with Gasteiger partial charge in [0.2, 0.25) is 5.91 Å². The lowest BCUT2D eigenvalue weighted by Gasteiger charge is -2.09. The van der Waals surface area contributed by atoms with E-state index < -0.39 is 15.9 Å². The molecule has 5 rings (SSSR count). The molecule has 206 valence electrons. The lowest BCUT2D eigenvalue weighted by molar-refractivity contribution is -0.118. The number of carbonyl (C=O) groups is 2. The van der Waals surface area contributed by atoms with Gasteiger partial charge in [0.25, 0.3) is 15.9 Å². The zero-order valence-corrected chi connectivity index (χ0v) is 23.5. The summed E-state index contributed by atoms with van der Waals surface area (Å²) in [6.45, 7) is 0. The maximum atomic E-state index is 12.5. The number of thioether (sulfide) groups is 1. The van der Waals surface area contributed by atoms with Gasteiger partial charge in [0.1, 0.15) is 5.75 Å². The summed E-state index contributed by atoms with van der Waals surface area (Å²) in [6.07, 6.45) is 1.68. The van der Waals surface area contributed by atoms with Gasteiger partial charge in [-0.3, -0.25) is 9.59 Å². The number of anilines is 1. The number of amidine groups is 1. The van der Waals surface area contributed by atoms with E-state index in [9.17, 15) is 18.0 Å². The zero-order chi connectivity index (χ0) is 28.8. The molecular formula is C31H25N3O5S2. The van der Waals surface area contributed by atoms with Gasteiger partial charge in [0.05, 0.1) is 23.3 Å². The Morgan fingerprint density at radius 2 is 1.54 bits per heavy atom. The number of nitrogens with zero attached hydrogens (tertiary/aromatic N) is 1. The van der Waals surface area contributed by atoms with Crippen LogP contribution in [-0.4, -0.2) is 32.5 Å². The van der Waals surface area contributed by atoms with Crippen LogP contribution in [0.25, 0.3) is 17.2 Å². The van der Waals surface area contributed by atoms with Crippen molar-refractivity contribution in [3.05, 3.63) is 119 Å². The summed E-state index contributed by atoms with van der Waals surface area (Å²) in [6, 6.07) is 30.6. The molecule has 0 saturated heterocycles. The molecule has 10 heteroatoms. The molecule has 0 aliphatic carbocycles. The molecule has 4 aromatic rings. The average Bonchev–Trinajstić information content (AvgIpc) is 3.32. The fourth-order valence-electron chi connectivity index (χ4n) is 4.03. The second-order valence-corrected chi connectivity index (χ2v) is 11.7. The minimum Gasteiger partial charge on any atom is -0.497 e. The maximum Gasteiger partial charge on any atom is 0.286 e. The molecule has 0 atom stereocenters. The van der Waals surface area contributed by atoms with Gasteiger partial charge in [-0.25, -0.2) is 13.1 Å². The van der Waals surface area contributed by atoms with E-state index in [-0.39, 0.29) is 17.2 Å². The lowest BCUT2D eigenvalue weighted by atomic mass is 10.0. The molecule has 2 N–H and O–H groups in total. The third-order valence-corrected chi connectivity index (χ3v) is 8.41. The number of methoxy groups -OCH3 is 1. The van der Waals surface area contributed by atoms with Crippen molar-refractivity contribution in [2.24, 2.45) is 4.99 Å². The van der Waals surface area contributed by atoms with Gasteiger partial charge in [-0.2, -0.15) is 4.99 Å². The first-order chi connectivity index (χ1) is 19.8. The SMILES string of the molecule is COc1ccc(S(=O)(=O)NC(=O)Cc2ccc(NC3=NC(=O)C(=Cc4ccc(-c5ccccc5)cc4)S3)cc2)cc1. The summed E-state index contributed by atoms with van der Waals surface area (Å²) in [5.74, 6) is -0.471. The second-order valence-electron chi connectivity index (χ2n) is 9.02. The molecule has 1 aliphatic rings. The van der Waals surface area contributed by atoms with E-state index in [4.69, 9.17) is 4.74 Å². The Labute approximate surface area is 242 Å². The van der Waals surface area contributed by atoms with Crippen LogP contribution in [0, 0.1) is 0 Å². The molecule has 2 amide bonds. The number of rotatable bonds is 8. The molecule has 0 spiro atoms. The molecule has 1 aliphatic heterocycles. The molecule has 0 fully saturated rings. The standard InChI is InChI=1S/C31H25N3O5S2/c1-39-26-15-17-27(18-16-26)41(37,38)34-29(35)20-22-9-13-25(14-10-22)32-31-33-30(36)28(40-31)19-21-7-11-24(12-8-21)23-5-3-2-4-6-23/h2-19H,20H2,1H3,(H,34,35)(H,32,33,36). The van der Waals surface area contributed by atoms with Crippen molar-refractivity contribution >= 4 is 50.5 Å². The molecule has 0 unspecified atom stereocenters. The molecule has 0 radical (unpaired) electrons. The molecule has 1 heterocycles. The Bertz CT molecular complexity index is 1730. The molecule has 4 aromatic carbocycles. The molecular weight excluding hydrogens is 558 g/mol. The Morgan fingerprint density at radius 1 is 0.878 bits per heavy atom. The number of hydrogen-bond acceptors (Lipinski definition) is 7. The number of amides is 2. The van der Waals surface area contributed by atoms with E-state index in [0.29, 0.717) is 27.1 Å². The minimum atomic E-state index is -4.00. The molecule has 0 saturated carbocycles. The first-order valence-electron chi connectivity index (χ1n) is 12.5. The van der Waals surface area contributed by atoms with Crippen molar-refractivity contribution in [3.8, 4) is 16.9 Å². The first kappa shape index (κ1) is 27.9. The van der Waals surface area contributed by atoms with Crippen LogP contribution in [0.1, 0.15) is 11.1 Å². The van der Waals surface area contributed by atoms with Crippen molar-refractivity contribution < 1.29 is 22.7 Å². The van der Waals surface area contributed by atoms with Crippen molar-refractivity contribution in [3.63, 3.8) is 0 Å². The van der Waals surface area contributed by atoms with Gasteiger partial charge in [0.15, 0.2) is 5.17 Å². The summed E-state index contributed by atoms with van der Waals surface area (Å²) in [7, 11) is -2.52. The quantitative estimate of drug-likeness (QED) is 0.264. The number of ether oxygens (including phenoxy) is 1. The van der Waals surface area contributed by atoms with Gasteiger partial charge >= 0.3 is 0 Å². The van der Waals surface area contributed by atoms with Crippen LogP contribution in [-0.2, 0) is 26.0 Å². The largest absolute Gasteiger partial charge is 0.497 e. The monoisotopic (exact) mass is 583 g/mol. The summed E-state index contributed by atoms with van der Waals surface area (Å²) in [5, 5.41) is 3.55. The number of aliphatic imine (C=N–C) groups is 1. The van der Waals surface area contributed by atoms with E-state index in [1.54, 1.807) is 24.3 Å². The summed E-state index contributed by atoms with van der Waals surface area (Å²) in [5.41, 5.74) is 4.41. The van der Waals surface area contributed by atoms with Crippen LogP contribution >= 0.6 is 11.8 Å². The maximum absolute atomic E-state index is 12.5. The summed E-state index contributed by atoms with van der Waals surface area (Å²) < 4.78 is 32.1. The van der Waals surface area contributed by atoms with Crippen LogP contribution in [0.3, 0.4) is 0 Å². The summed E-state index contributed by atoms with van der Waals surface area (Å²) >= 11 is 1.24. The topological polar surface area (TPSA) is 114 Å². The van der Waals surface area contributed by atoms with Crippen molar-refractivity contribution in [1.29, 1.82) is 0 Å². The van der Waals surface area contributed by atoms with Gasteiger partial charge in [-0.05, 0) is 76.5 Å². The van der Waals surface area contributed by atoms with Gasteiger partial charge in [-0.15, -0.1) is 0 Å². The Kier molecular flexibility index (Phi) is 8.32. The van der Waals surface area contributed by atoms with Gasteiger partial charge in [-0.1, -0.05) is 66.7 Å². The van der Waals surface area contributed by atoms with Crippen molar-refractivity contribution in [1.82, 2.24) is 4.72 Å². The highest BCUT2D eigenvalue weighted by molar-refractivity contribution is 8.18. The first-order valence-corrected chi connectivity index (χ1v) is 14.8. The van der Waals surface area contributed by atoms with Crippen LogP contribution in [0.15, 0.2) is 118 Å². The zero-order valence-electron chi connectivity index (χ0n) is 21.9. The van der Waals surface area contributed by atoms with Crippen LogP contribution < -0.4 is 14.8 Å². The van der Waals surface area contributed by atoms with Crippen LogP contribution in [0.2, 0.25) is 0 Å². The number of hydrogen-bond donors (Lipinski definition) is 2. The smallest absolute Gasteiger partial charge is 0.286 e. The molecule has 41 heavy (non-hydrogen) atoms. The molecule has 0 aromatic heterocycles. The fraction of sp³-hybridized carbons (Fsp3) is 0.0645. The van der Waals surface area contributed by atoms with E-state index >= 15 is 0 Å². The van der Waals surface area contributed by atoms with Crippen molar-refractivity contribution in [2.75, 3.05) is 12.4 Å². The number of sulfonamides is 1. The molecule has 0 bridgehead atoms. The summed E-state index contributed by atoms with van der Waals surface area (Å²) in [4.78, 5) is 29.5. The van der Waals surface area contributed by atoms with E-state index in [1.165, 1.54) is 43.1 Å². The lowest BCUT2D eigenvalue weighted by Crippen LogP contribution is -2.31. The van der Waals surface area contributed by atoms with Crippen LogP contribution in [0.4, 0.5) is 5.69 Å². The predicted octanol–water partition coefficient (Wildman–Crippen LogP) is 5.49. The minimum absolute atomic E-state index is 0.0341. The number of nitrogens with one attached hydrogen (secondary N) is 2. The van der Waals surface area contributed by atoms with Gasteiger partial charge < -0.3 is 10.1 Å². The highest BCUT2D eigenvalue weighted by Gasteiger charge is 2.22. The highest BCUT2D eigenvalue weighted by Crippen LogP contribution is 2.30.